The summed E-state index contributed by atoms with van der Waals surface area (Å²) < 4.78 is 0. The third-order valence-corrected chi connectivity index (χ3v) is 6.43. The lowest BCUT2D eigenvalue weighted by molar-refractivity contribution is -0.112. The first kappa shape index (κ1) is 24.9. The van der Waals surface area contributed by atoms with Crippen LogP contribution in [0.2, 0.25) is 0 Å². The third kappa shape index (κ3) is 6.64. The summed E-state index contributed by atoms with van der Waals surface area (Å²) in [5.74, 6) is -1.28. The lowest BCUT2D eigenvalue weighted by Crippen LogP contribution is -2.34. The van der Waals surface area contributed by atoms with Gasteiger partial charge in [-0.1, -0.05) is 119 Å². The number of Topliss-reactive ketones (excluding diaryl/α,β-unsaturated/α-hetero) is 2. The Kier molecular flexibility index (Phi) is 9.89. The molecular formula is C29H37NO3. The Morgan fingerprint density at radius 1 is 0.697 bits per heavy atom. The van der Waals surface area contributed by atoms with Crippen molar-refractivity contribution < 1.29 is 14.7 Å². The van der Waals surface area contributed by atoms with Gasteiger partial charge in [-0.2, -0.15) is 0 Å². The van der Waals surface area contributed by atoms with Crippen molar-refractivity contribution in [3.05, 3.63) is 76.9 Å². The van der Waals surface area contributed by atoms with E-state index in [1.165, 1.54) is 51.4 Å². The molecule has 1 unspecified atom stereocenters. The average molecular weight is 448 g/mol. The second-order valence-corrected chi connectivity index (χ2v) is 8.95. The van der Waals surface area contributed by atoms with Crippen LogP contribution in [0.5, 0.6) is 0 Å². The molecule has 0 saturated heterocycles. The van der Waals surface area contributed by atoms with Crippen molar-refractivity contribution in [1.29, 1.82) is 0 Å². The molecule has 4 nitrogen and oxygen atoms in total. The van der Waals surface area contributed by atoms with Gasteiger partial charge in [-0.3, -0.25) is 9.59 Å². The number of fused-ring (bicyclic) bond motifs is 1. The Balaban J connectivity index is 1.61. The maximum atomic E-state index is 13.0. The molecular weight excluding hydrogens is 410 g/mol. The SMILES string of the molecule is CCCCCCCCCCCCNC(C1=C(O)c2ccccc2C(=O)C1=O)c1ccccc1. The molecule has 2 aromatic rings. The number of aliphatic hydroxyl groups is 1. The molecule has 0 radical (unpaired) electrons. The van der Waals surface area contributed by atoms with E-state index in [9.17, 15) is 14.7 Å². The molecule has 2 N–H and O–H groups in total. The highest BCUT2D eigenvalue weighted by Crippen LogP contribution is 2.34. The van der Waals surface area contributed by atoms with Gasteiger partial charge in [0.25, 0.3) is 0 Å². The highest BCUT2D eigenvalue weighted by atomic mass is 16.3. The summed E-state index contributed by atoms with van der Waals surface area (Å²) >= 11 is 0. The number of ketones is 2. The smallest absolute Gasteiger partial charge is 0.235 e. The van der Waals surface area contributed by atoms with Crippen LogP contribution in [0.3, 0.4) is 0 Å². The molecule has 1 aliphatic carbocycles. The van der Waals surface area contributed by atoms with E-state index in [1.807, 2.05) is 30.3 Å². The Hall–Kier alpha value is -2.72. The van der Waals surface area contributed by atoms with Gasteiger partial charge in [-0.05, 0) is 18.5 Å². The van der Waals surface area contributed by atoms with Crippen LogP contribution in [0.15, 0.2) is 60.2 Å². The Morgan fingerprint density at radius 2 is 1.24 bits per heavy atom. The molecule has 0 saturated carbocycles. The maximum absolute atomic E-state index is 13.0. The largest absolute Gasteiger partial charge is 0.507 e. The summed E-state index contributed by atoms with van der Waals surface area (Å²) in [5, 5.41) is 14.4. The fourth-order valence-corrected chi connectivity index (χ4v) is 4.54. The van der Waals surface area contributed by atoms with Gasteiger partial charge in [-0.15, -0.1) is 0 Å². The minimum atomic E-state index is -0.629. The van der Waals surface area contributed by atoms with Crippen LogP contribution in [0.25, 0.3) is 5.76 Å². The van der Waals surface area contributed by atoms with Crippen LogP contribution in [0.1, 0.15) is 98.7 Å². The minimum Gasteiger partial charge on any atom is -0.507 e. The third-order valence-electron chi connectivity index (χ3n) is 6.43. The number of rotatable bonds is 14. The van der Waals surface area contributed by atoms with Crippen LogP contribution in [0.4, 0.5) is 0 Å². The lowest BCUT2D eigenvalue weighted by atomic mass is 9.83. The zero-order valence-electron chi connectivity index (χ0n) is 19.8. The Labute approximate surface area is 198 Å². The number of nitrogens with one attached hydrogen (secondary N) is 1. The lowest BCUT2D eigenvalue weighted by Gasteiger charge is -2.26. The molecule has 3 rings (SSSR count). The molecule has 0 amide bonds. The molecule has 0 aromatic heterocycles. The van der Waals surface area contributed by atoms with Crippen LogP contribution in [-0.2, 0) is 4.79 Å². The van der Waals surface area contributed by atoms with Gasteiger partial charge < -0.3 is 10.4 Å². The summed E-state index contributed by atoms with van der Waals surface area (Å²) in [6, 6.07) is 15.8. The molecule has 4 heteroatoms. The Morgan fingerprint density at radius 3 is 1.88 bits per heavy atom. The van der Waals surface area contributed by atoms with Gasteiger partial charge in [0.1, 0.15) is 5.76 Å². The first-order valence-corrected chi connectivity index (χ1v) is 12.5. The van der Waals surface area contributed by atoms with Gasteiger partial charge in [0.05, 0.1) is 11.6 Å². The zero-order valence-corrected chi connectivity index (χ0v) is 19.8. The van der Waals surface area contributed by atoms with E-state index in [2.05, 4.69) is 12.2 Å². The molecule has 0 aliphatic heterocycles. The van der Waals surface area contributed by atoms with Crippen molar-refractivity contribution in [2.24, 2.45) is 0 Å². The summed E-state index contributed by atoms with van der Waals surface area (Å²) in [6.07, 6.45) is 12.6. The quantitative estimate of drug-likeness (QED) is 0.242. The van der Waals surface area contributed by atoms with Gasteiger partial charge in [-0.25, -0.2) is 0 Å². The monoisotopic (exact) mass is 447 g/mol. The predicted octanol–water partition coefficient (Wildman–Crippen LogP) is 6.97. The number of aliphatic hydroxyl groups excluding tert-OH is 1. The van der Waals surface area contributed by atoms with Crippen LogP contribution in [-0.4, -0.2) is 23.2 Å². The normalized spacial score (nSPS) is 14.5. The molecule has 0 spiro atoms. The highest BCUT2D eigenvalue weighted by Gasteiger charge is 2.37. The van der Waals surface area contributed by atoms with E-state index >= 15 is 0 Å². The zero-order chi connectivity index (χ0) is 23.5. The van der Waals surface area contributed by atoms with Crippen molar-refractivity contribution in [2.75, 3.05) is 6.54 Å². The summed E-state index contributed by atoms with van der Waals surface area (Å²) in [7, 11) is 0. The van der Waals surface area contributed by atoms with Crippen LogP contribution >= 0.6 is 0 Å². The van der Waals surface area contributed by atoms with Gasteiger partial charge in [0, 0.05) is 11.1 Å². The molecule has 2 aromatic carbocycles. The summed E-state index contributed by atoms with van der Waals surface area (Å²) in [4.78, 5) is 25.8. The standard InChI is InChI=1S/C29H37NO3/c1-2-3-4-5-6-7-8-9-10-16-21-30-26(22-17-12-11-13-18-22)25-27(31)23-19-14-15-20-24(23)28(32)29(25)33/h11-15,17-20,26,30-31H,2-10,16,21H2,1H3. The first-order valence-electron chi connectivity index (χ1n) is 12.5. The minimum absolute atomic E-state index is 0.0976. The molecule has 33 heavy (non-hydrogen) atoms. The molecule has 176 valence electrons. The fraction of sp³-hybridized carbons (Fsp3) is 0.448. The van der Waals surface area contributed by atoms with E-state index in [1.54, 1.807) is 24.3 Å². The van der Waals surface area contributed by atoms with E-state index in [0.717, 1.165) is 24.9 Å². The summed E-state index contributed by atoms with van der Waals surface area (Å²) in [5.41, 5.74) is 1.72. The number of benzene rings is 2. The van der Waals surface area contributed by atoms with Crippen LogP contribution in [0, 0.1) is 0 Å². The van der Waals surface area contributed by atoms with Crippen molar-refractivity contribution >= 4 is 17.3 Å². The molecule has 1 atom stereocenters. The number of carbonyl (C=O) groups is 2. The fourth-order valence-electron chi connectivity index (χ4n) is 4.54. The molecule has 0 heterocycles. The van der Waals surface area contributed by atoms with Crippen molar-refractivity contribution in [3.63, 3.8) is 0 Å². The van der Waals surface area contributed by atoms with E-state index in [0.29, 0.717) is 5.56 Å². The number of hydrogen-bond acceptors (Lipinski definition) is 4. The molecule has 0 fully saturated rings. The van der Waals surface area contributed by atoms with E-state index in [-0.39, 0.29) is 16.9 Å². The predicted molar refractivity (Wildman–Crippen MR) is 134 cm³/mol. The average Bonchev–Trinajstić information content (AvgIpc) is 2.85. The molecule has 1 aliphatic rings. The number of unbranched alkanes of at least 4 members (excludes halogenated alkanes) is 9. The van der Waals surface area contributed by atoms with Crippen molar-refractivity contribution in [3.8, 4) is 0 Å². The second-order valence-electron chi connectivity index (χ2n) is 8.95. The van der Waals surface area contributed by atoms with Gasteiger partial charge in [0.15, 0.2) is 0 Å². The number of hydrogen-bond donors (Lipinski definition) is 2. The van der Waals surface area contributed by atoms with E-state index < -0.39 is 17.6 Å². The maximum Gasteiger partial charge on any atom is 0.235 e. The molecule has 0 bridgehead atoms. The first-order chi connectivity index (χ1) is 16.1. The topological polar surface area (TPSA) is 66.4 Å². The van der Waals surface area contributed by atoms with Gasteiger partial charge in [0.2, 0.25) is 11.6 Å². The second kappa shape index (κ2) is 13.1. The number of carbonyl (C=O) groups excluding carboxylic acids is 2. The van der Waals surface area contributed by atoms with Crippen molar-refractivity contribution in [1.82, 2.24) is 5.32 Å². The highest BCUT2D eigenvalue weighted by molar-refractivity contribution is 6.52. The van der Waals surface area contributed by atoms with Gasteiger partial charge >= 0.3 is 0 Å². The summed E-state index contributed by atoms with van der Waals surface area (Å²) in [6.45, 7) is 2.96. The van der Waals surface area contributed by atoms with Crippen LogP contribution < -0.4 is 5.32 Å². The van der Waals surface area contributed by atoms with E-state index in [4.69, 9.17) is 0 Å². The Bertz CT molecular complexity index is 948. The van der Waals surface area contributed by atoms with Crippen molar-refractivity contribution in [2.45, 2.75) is 77.2 Å².